The van der Waals surface area contributed by atoms with Crippen molar-refractivity contribution in [3.63, 3.8) is 0 Å². The minimum atomic E-state index is -1.23. The summed E-state index contributed by atoms with van der Waals surface area (Å²) in [5.74, 6) is -1.90. The third-order valence-corrected chi connectivity index (χ3v) is 2.68. The maximum absolute atomic E-state index is 11.4. The highest BCUT2D eigenvalue weighted by atomic mass is 16.4. The van der Waals surface area contributed by atoms with Crippen LogP contribution in [0.25, 0.3) is 0 Å². The summed E-state index contributed by atoms with van der Waals surface area (Å²) in [6.45, 7) is 1.98. The van der Waals surface area contributed by atoms with Crippen molar-refractivity contribution in [3.8, 4) is 0 Å². The van der Waals surface area contributed by atoms with E-state index in [0.717, 1.165) is 6.42 Å². The number of hydrogen-bond donors (Lipinski definition) is 4. The van der Waals surface area contributed by atoms with Crippen LogP contribution in [0.1, 0.15) is 26.2 Å². The number of nitrogens with one attached hydrogen (secondary N) is 2. The van der Waals surface area contributed by atoms with Crippen LogP contribution in [-0.4, -0.2) is 40.3 Å². The first-order chi connectivity index (χ1) is 7.90. The number of carbonyl (C=O) groups is 3. The Balaban J connectivity index is 2.34. The van der Waals surface area contributed by atoms with Gasteiger partial charge in [-0.15, -0.1) is 0 Å². The lowest BCUT2D eigenvalue weighted by molar-refractivity contribution is -0.140. The van der Waals surface area contributed by atoms with Crippen LogP contribution in [0.15, 0.2) is 0 Å². The van der Waals surface area contributed by atoms with E-state index >= 15 is 0 Å². The van der Waals surface area contributed by atoms with Crippen LogP contribution < -0.4 is 10.6 Å². The lowest BCUT2D eigenvalue weighted by atomic mass is 10.1. The van der Waals surface area contributed by atoms with Gasteiger partial charge in [0.15, 0.2) is 0 Å². The predicted octanol–water partition coefficient (Wildman–Crippen LogP) is 0.0120. The molecule has 17 heavy (non-hydrogen) atoms. The smallest absolute Gasteiger partial charge is 0.326 e. The molecule has 4 N–H and O–H groups in total. The van der Waals surface area contributed by atoms with Gasteiger partial charge in [0, 0.05) is 12.5 Å². The van der Waals surface area contributed by atoms with Gasteiger partial charge >= 0.3 is 18.0 Å². The van der Waals surface area contributed by atoms with Gasteiger partial charge in [0.05, 0.1) is 0 Å². The quantitative estimate of drug-likeness (QED) is 0.525. The molecule has 2 unspecified atom stereocenters. The van der Waals surface area contributed by atoms with Gasteiger partial charge in [-0.1, -0.05) is 6.92 Å². The molecule has 96 valence electrons. The van der Waals surface area contributed by atoms with Crippen molar-refractivity contribution in [2.45, 2.75) is 38.3 Å². The lowest BCUT2D eigenvalue weighted by Gasteiger charge is -2.14. The second-order valence-corrected chi connectivity index (χ2v) is 4.26. The van der Waals surface area contributed by atoms with E-state index in [1.807, 2.05) is 6.92 Å². The van der Waals surface area contributed by atoms with E-state index in [-0.39, 0.29) is 18.9 Å². The minimum absolute atomic E-state index is 0.101. The monoisotopic (exact) mass is 244 g/mol. The van der Waals surface area contributed by atoms with Crippen LogP contribution >= 0.6 is 0 Å². The first kappa shape index (κ1) is 13.3. The number of amides is 2. The molecule has 2 amide bonds. The molecule has 0 saturated heterocycles. The molecule has 0 aromatic carbocycles. The fourth-order valence-electron chi connectivity index (χ4n) is 1.42. The molecule has 0 radical (unpaired) electrons. The van der Waals surface area contributed by atoms with E-state index in [9.17, 15) is 14.4 Å². The minimum Gasteiger partial charge on any atom is -0.481 e. The second-order valence-electron chi connectivity index (χ2n) is 4.26. The van der Waals surface area contributed by atoms with Crippen LogP contribution in [0.2, 0.25) is 0 Å². The van der Waals surface area contributed by atoms with E-state index in [1.54, 1.807) is 0 Å². The molecular weight excluding hydrogens is 228 g/mol. The molecule has 0 bridgehead atoms. The van der Waals surface area contributed by atoms with Gasteiger partial charge in [-0.2, -0.15) is 0 Å². The highest BCUT2D eigenvalue weighted by molar-refractivity contribution is 5.83. The zero-order valence-corrected chi connectivity index (χ0v) is 9.47. The van der Waals surface area contributed by atoms with E-state index in [1.165, 1.54) is 0 Å². The second kappa shape index (κ2) is 5.51. The van der Waals surface area contributed by atoms with Crippen molar-refractivity contribution >= 4 is 18.0 Å². The van der Waals surface area contributed by atoms with Gasteiger partial charge < -0.3 is 20.8 Å². The molecule has 1 aliphatic rings. The molecule has 0 heterocycles. The van der Waals surface area contributed by atoms with Crippen molar-refractivity contribution in [2.75, 3.05) is 0 Å². The van der Waals surface area contributed by atoms with Gasteiger partial charge in [-0.25, -0.2) is 9.59 Å². The molecule has 0 aromatic rings. The summed E-state index contributed by atoms with van der Waals surface area (Å²) >= 11 is 0. The summed E-state index contributed by atoms with van der Waals surface area (Å²) in [5.41, 5.74) is 0. The topological polar surface area (TPSA) is 116 Å². The van der Waals surface area contributed by atoms with Gasteiger partial charge in [0.1, 0.15) is 6.04 Å². The average Bonchev–Trinajstić information content (AvgIpc) is 2.87. The molecule has 0 aromatic heterocycles. The Kier molecular flexibility index (Phi) is 4.30. The molecule has 7 nitrogen and oxygen atoms in total. The molecule has 1 rings (SSSR count). The summed E-state index contributed by atoms with van der Waals surface area (Å²) in [4.78, 5) is 32.5. The molecule has 7 heteroatoms. The maximum Gasteiger partial charge on any atom is 0.326 e. The standard InChI is InChI=1S/C10H16N2O5/c1-5-4-7(5)12-10(17)11-6(9(15)16)2-3-8(13)14/h5-7H,2-4H2,1H3,(H,13,14)(H,15,16)(H2,11,12,17)/t5?,6-,7?/m0/s1. The summed E-state index contributed by atoms with van der Waals surface area (Å²) < 4.78 is 0. The average molecular weight is 244 g/mol. The van der Waals surface area contributed by atoms with Crippen molar-refractivity contribution < 1.29 is 24.6 Å². The number of urea groups is 1. The van der Waals surface area contributed by atoms with Crippen molar-refractivity contribution in [2.24, 2.45) is 5.92 Å². The highest BCUT2D eigenvalue weighted by Crippen LogP contribution is 2.28. The summed E-state index contributed by atoms with van der Waals surface area (Å²) in [6.07, 6.45) is 0.468. The Labute approximate surface area is 98.2 Å². The van der Waals surface area contributed by atoms with Crippen LogP contribution in [0.3, 0.4) is 0 Å². The van der Waals surface area contributed by atoms with Gasteiger partial charge in [0.2, 0.25) is 0 Å². The predicted molar refractivity (Wildman–Crippen MR) is 57.5 cm³/mol. The number of rotatable bonds is 6. The molecule has 0 spiro atoms. The van der Waals surface area contributed by atoms with Crippen LogP contribution in [0.4, 0.5) is 4.79 Å². The fourth-order valence-corrected chi connectivity index (χ4v) is 1.42. The molecule has 1 fully saturated rings. The Bertz CT molecular complexity index is 331. The Hall–Kier alpha value is -1.79. The number of carboxylic acids is 2. The molecule has 1 aliphatic carbocycles. The summed E-state index contributed by atoms with van der Waals surface area (Å²) in [7, 11) is 0. The van der Waals surface area contributed by atoms with E-state index in [2.05, 4.69) is 10.6 Å². The number of carboxylic acid groups (broad SMARTS) is 2. The van der Waals surface area contributed by atoms with Gasteiger partial charge in [-0.3, -0.25) is 4.79 Å². The van der Waals surface area contributed by atoms with E-state index in [4.69, 9.17) is 10.2 Å². The largest absolute Gasteiger partial charge is 0.481 e. The molecular formula is C10H16N2O5. The van der Waals surface area contributed by atoms with Crippen molar-refractivity contribution in [1.82, 2.24) is 10.6 Å². The molecule has 0 aliphatic heterocycles. The Morgan fingerprint density at radius 1 is 1.35 bits per heavy atom. The van der Waals surface area contributed by atoms with E-state index < -0.39 is 24.0 Å². The van der Waals surface area contributed by atoms with Crippen molar-refractivity contribution in [1.29, 1.82) is 0 Å². The zero-order chi connectivity index (χ0) is 13.0. The van der Waals surface area contributed by atoms with Crippen LogP contribution in [0.5, 0.6) is 0 Å². The Morgan fingerprint density at radius 2 is 1.94 bits per heavy atom. The lowest BCUT2D eigenvalue weighted by Crippen LogP contribution is -2.47. The van der Waals surface area contributed by atoms with Gasteiger partial charge in [0.25, 0.3) is 0 Å². The first-order valence-corrected chi connectivity index (χ1v) is 5.41. The van der Waals surface area contributed by atoms with Crippen LogP contribution in [-0.2, 0) is 9.59 Å². The SMILES string of the molecule is CC1CC1NC(=O)N[C@@H](CCC(=O)O)C(=O)O. The van der Waals surface area contributed by atoms with E-state index in [0.29, 0.717) is 5.92 Å². The maximum atomic E-state index is 11.4. The third kappa shape index (κ3) is 4.71. The summed E-state index contributed by atoms with van der Waals surface area (Å²) in [5, 5.41) is 22.1. The van der Waals surface area contributed by atoms with Gasteiger partial charge in [-0.05, 0) is 18.8 Å². The number of hydrogen-bond acceptors (Lipinski definition) is 3. The Morgan fingerprint density at radius 3 is 2.35 bits per heavy atom. The fraction of sp³-hybridized carbons (Fsp3) is 0.700. The summed E-state index contributed by atoms with van der Waals surface area (Å²) in [6, 6.07) is -1.62. The van der Waals surface area contributed by atoms with Crippen LogP contribution in [0, 0.1) is 5.92 Å². The highest BCUT2D eigenvalue weighted by Gasteiger charge is 2.34. The third-order valence-electron chi connectivity index (χ3n) is 2.68. The number of aliphatic carboxylic acids is 2. The normalized spacial score (nSPS) is 23.6. The molecule has 1 saturated carbocycles. The molecule has 3 atom stereocenters. The number of carbonyl (C=O) groups excluding carboxylic acids is 1. The first-order valence-electron chi connectivity index (χ1n) is 5.41. The zero-order valence-electron chi connectivity index (χ0n) is 9.47. The van der Waals surface area contributed by atoms with Crippen molar-refractivity contribution in [3.05, 3.63) is 0 Å².